The number of ether oxygens (including phenoxy) is 1. The van der Waals surface area contributed by atoms with Crippen LogP contribution in [0.5, 0.6) is 0 Å². The fourth-order valence-corrected chi connectivity index (χ4v) is 1.73. The number of nitrogens with one attached hydrogen (secondary N) is 1. The zero-order valence-corrected chi connectivity index (χ0v) is 12.5. The van der Waals surface area contributed by atoms with E-state index in [-0.39, 0.29) is 18.5 Å². The van der Waals surface area contributed by atoms with E-state index in [0.29, 0.717) is 6.42 Å². The summed E-state index contributed by atoms with van der Waals surface area (Å²) in [7, 11) is 0. The fourth-order valence-electron chi connectivity index (χ4n) is 1.73. The van der Waals surface area contributed by atoms with Crippen LogP contribution in [0.15, 0.2) is 18.2 Å². The summed E-state index contributed by atoms with van der Waals surface area (Å²) < 4.78 is 31.5. The Bertz CT molecular complexity index is 486. The van der Waals surface area contributed by atoms with Crippen LogP contribution in [0.1, 0.15) is 45.3 Å². The van der Waals surface area contributed by atoms with E-state index in [0.717, 1.165) is 18.2 Å². The van der Waals surface area contributed by atoms with E-state index in [1.54, 1.807) is 20.8 Å². The van der Waals surface area contributed by atoms with Crippen molar-refractivity contribution in [2.75, 3.05) is 6.54 Å². The van der Waals surface area contributed by atoms with Crippen molar-refractivity contribution in [2.24, 2.45) is 0 Å². The van der Waals surface area contributed by atoms with Crippen LogP contribution in [0.3, 0.4) is 0 Å². The van der Waals surface area contributed by atoms with Gasteiger partial charge in [0.05, 0.1) is 6.10 Å². The van der Waals surface area contributed by atoms with Crippen molar-refractivity contribution in [1.29, 1.82) is 0 Å². The number of carbonyl (C=O) groups is 1. The first-order valence-corrected chi connectivity index (χ1v) is 6.79. The molecule has 0 radical (unpaired) electrons. The second-order valence-corrected chi connectivity index (χ2v) is 5.75. The van der Waals surface area contributed by atoms with Gasteiger partial charge in [-0.05, 0) is 51.8 Å². The summed E-state index contributed by atoms with van der Waals surface area (Å²) in [6, 6.07) is 2.95. The smallest absolute Gasteiger partial charge is 0.407 e. The molecular formula is C15H21F2NO3. The van der Waals surface area contributed by atoms with Crippen LogP contribution in [-0.2, 0) is 4.74 Å². The molecule has 0 bridgehead atoms. The second kappa shape index (κ2) is 7.36. The predicted octanol–water partition coefficient (Wildman–Crippen LogP) is 3.30. The number of hydrogen-bond donors (Lipinski definition) is 2. The Morgan fingerprint density at radius 2 is 2.05 bits per heavy atom. The molecule has 4 nitrogen and oxygen atoms in total. The van der Waals surface area contributed by atoms with Crippen molar-refractivity contribution < 1.29 is 23.4 Å². The van der Waals surface area contributed by atoms with Crippen LogP contribution in [0.25, 0.3) is 0 Å². The standard InChI is InChI=1S/C15H21F2NO3/c1-15(2,3)21-14(20)18-8-4-5-13(19)11-9-10(16)6-7-12(11)17/h6-7,9,13,19H,4-5,8H2,1-3H3,(H,18,20)/t13-/m0/s1. The summed E-state index contributed by atoms with van der Waals surface area (Å²) in [5.41, 5.74) is -0.652. The highest BCUT2D eigenvalue weighted by Crippen LogP contribution is 2.22. The maximum absolute atomic E-state index is 13.4. The van der Waals surface area contributed by atoms with Crippen molar-refractivity contribution in [3.63, 3.8) is 0 Å². The van der Waals surface area contributed by atoms with Gasteiger partial charge in [-0.3, -0.25) is 0 Å². The molecule has 0 aliphatic carbocycles. The van der Waals surface area contributed by atoms with Gasteiger partial charge < -0.3 is 15.2 Å². The van der Waals surface area contributed by atoms with Gasteiger partial charge in [0.25, 0.3) is 0 Å². The zero-order chi connectivity index (χ0) is 16.0. The molecule has 0 unspecified atom stereocenters. The number of benzene rings is 1. The van der Waals surface area contributed by atoms with Gasteiger partial charge in [0.2, 0.25) is 0 Å². The summed E-state index contributed by atoms with van der Waals surface area (Å²) in [6.07, 6.45) is -1.04. The molecule has 1 aromatic rings. The van der Waals surface area contributed by atoms with Gasteiger partial charge in [-0.25, -0.2) is 13.6 Å². The summed E-state index contributed by atoms with van der Waals surface area (Å²) in [5, 5.41) is 12.4. The quantitative estimate of drug-likeness (QED) is 0.820. The predicted molar refractivity (Wildman–Crippen MR) is 74.8 cm³/mol. The topological polar surface area (TPSA) is 58.6 Å². The van der Waals surface area contributed by atoms with E-state index in [9.17, 15) is 18.7 Å². The minimum absolute atomic E-state index is 0.0766. The molecule has 1 aromatic carbocycles. The highest BCUT2D eigenvalue weighted by atomic mass is 19.1. The van der Waals surface area contributed by atoms with Crippen LogP contribution in [0, 0.1) is 11.6 Å². The average molecular weight is 301 g/mol. The minimum Gasteiger partial charge on any atom is -0.444 e. The van der Waals surface area contributed by atoms with Gasteiger partial charge in [0.15, 0.2) is 0 Å². The SMILES string of the molecule is CC(C)(C)OC(=O)NCCC[C@H](O)c1cc(F)ccc1F. The zero-order valence-electron chi connectivity index (χ0n) is 12.5. The summed E-state index contributed by atoms with van der Waals surface area (Å²) in [5.74, 6) is -1.25. The molecule has 0 aliphatic heterocycles. The van der Waals surface area contributed by atoms with Crippen LogP contribution < -0.4 is 5.32 Å². The first kappa shape index (κ1) is 17.4. The molecule has 21 heavy (non-hydrogen) atoms. The molecule has 0 saturated carbocycles. The van der Waals surface area contributed by atoms with E-state index in [4.69, 9.17) is 4.74 Å². The van der Waals surface area contributed by atoms with Crippen molar-refractivity contribution in [3.05, 3.63) is 35.4 Å². The Morgan fingerprint density at radius 3 is 2.67 bits per heavy atom. The van der Waals surface area contributed by atoms with Crippen molar-refractivity contribution >= 4 is 6.09 Å². The molecule has 0 saturated heterocycles. The maximum Gasteiger partial charge on any atom is 0.407 e. The number of hydrogen-bond acceptors (Lipinski definition) is 3. The van der Waals surface area contributed by atoms with Gasteiger partial charge in [0, 0.05) is 12.1 Å². The molecule has 1 amide bonds. The van der Waals surface area contributed by atoms with Crippen molar-refractivity contribution in [3.8, 4) is 0 Å². The number of alkyl carbamates (subject to hydrolysis) is 1. The van der Waals surface area contributed by atoms with Gasteiger partial charge in [-0.15, -0.1) is 0 Å². The van der Waals surface area contributed by atoms with Crippen LogP contribution in [-0.4, -0.2) is 23.3 Å². The fraction of sp³-hybridized carbons (Fsp3) is 0.533. The summed E-state index contributed by atoms with van der Waals surface area (Å²) >= 11 is 0. The van der Waals surface area contributed by atoms with Gasteiger partial charge in [-0.1, -0.05) is 0 Å². The molecule has 0 fully saturated rings. The Labute approximate surface area is 123 Å². The molecule has 118 valence electrons. The summed E-state index contributed by atoms with van der Waals surface area (Å²) in [6.45, 7) is 5.54. The molecule has 0 aliphatic rings. The third-order valence-corrected chi connectivity index (χ3v) is 2.64. The normalized spacial score (nSPS) is 12.9. The van der Waals surface area contributed by atoms with E-state index in [1.807, 2.05) is 0 Å². The molecule has 1 atom stereocenters. The summed E-state index contributed by atoms with van der Waals surface area (Å²) in [4.78, 5) is 11.4. The monoisotopic (exact) mass is 301 g/mol. The van der Waals surface area contributed by atoms with E-state index < -0.39 is 29.4 Å². The number of aliphatic hydroxyl groups is 1. The highest BCUT2D eigenvalue weighted by molar-refractivity contribution is 5.67. The molecule has 2 N–H and O–H groups in total. The lowest BCUT2D eigenvalue weighted by Gasteiger charge is -2.19. The number of amides is 1. The van der Waals surface area contributed by atoms with Crippen molar-refractivity contribution in [2.45, 2.75) is 45.3 Å². The molecular weight excluding hydrogens is 280 g/mol. The van der Waals surface area contributed by atoms with Crippen LogP contribution in [0.2, 0.25) is 0 Å². The third kappa shape index (κ3) is 6.53. The number of rotatable bonds is 5. The number of carbonyl (C=O) groups excluding carboxylic acids is 1. The molecule has 0 spiro atoms. The Morgan fingerprint density at radius 1 is 1.38 bits per heavy atom. The maximum atomic E-state index is 13.4. The van der Waals surface area contributed by atoms with Crippen LogP contribution in [0.4, 0.5) is 13.6 Å². The van der Waals surface area contributed by atoms with E-state index >= 15 is 0 Å². The molecule has 0 heterocycles. The highest BCUT2D eigenvalue weighted by Gasteiger charge is 2.16. The van der Waals surface area contributed by atoms with Crippen molar-refractivity contribution in [1.82, 2.24) is 5.32 Å². The Balaban J connectivity index is 2.36. The first-order chi connectivity index (χ1) is 9.69. The Hall–Kier alpha value is -1.69. The lowest BCUT2D eigenvalue weighted by atomic mass is 10.0. The minimum atomic E-state index is -1.11. The van der Waals surface area contributed by atoms with Gasteiger partial charge in [-0.2, -0.15) is 0 Å². The Kier molecular flexibility index (Phi) is 6.08. The molecule has 0 aromatic heterocycles. The first-order valence-electron chi connectivity index (χ1n) is 6.79. The third-order valence-electron chi connectivity index (χ3n) is 2.64. The molecule has 6 heteroatoms. The van der Waals surface area contributed by atoms with Crippen LogP contribution >= 0.6 is 0 Å². The lowest BCUT2D eigenvalue weighted by Crippen LogP contribution is -2.33. The second-order valence-electron chi connectivity index (χ2n) is 5.75. The molecule has 1 rings (SSSR count). The largest absolute Gasteiger partial charge is 0.444 e. The van der Waals surface area contributed by atoms with Gasteiger partial charge >= 0.3 is 6.09 Å². The van der Waals surface area contributed by atoms with Gasteiger partial charge in [0.1, 0.15) is 17.2 Å². The van der Waals surface area contributed by atoms with E-state index in [1.165, 1.54) is 0 Å². The number of aliphatic hydroxyl groups excluding tert-OH is 1. The average Bonchev–Trinajstić information content (AvgIpc) is 2.35. The lowest BCUT2D eigenvalue weighted by molar-refractivity contribution is 0.0523. The number of halogens is 2. The van der Waals surface area contributed by atoms with E-state index in [2.05, 4.69) is 5.32 Å².